The Morgan fingerprint density at radius 3 is 2.67 bits per heavy atom. The number of benzene rings is 2. The van der Waals surface area contributed by atoms with E-state index < -0.39 is 11.1 Å². The van der Waals surface area contributed by atoms with Gasteiger partial charge in [-0.05, 0) is 55.7 Å². The number of aromatic nitrogens is 1. The highest BCUT2D eigenvalue weighted by molar-refractivity contribution is 7.79. The summed E-state index contributed by atoms with van der Waals surface area (Å²) < 4.78 is 39.0. The molecule has 27 heavy (non-hydrogen) atoms. The van der Waals surface area contributed by atoms with Crippen LogP contribution in [0.1, 0.15) is 22.4 Å². The monoisotopic (exact) mass is 405 g/mol. The molecule has 0 aliphatic carbocycles. The van der Waals surface area contributed by atoms with Gasteiger partial charge < -0.3 is 9.29 Å². The summed E-state index contributed by atoms with van der Waals surface area (Å²) in [7, 11) is 0. The molecule has 1 aromatic heterocycles. The SMILES string of the molecule is Cc1cnc(-c2ccc(F)cc2COc2ccc(CCCS(=O)O)cc2)s1. The molecule has 1 unspecified atom stereocenters. The average Bonchev–Trinajstić information content (AvgIpc) is 3.07. The van der Waals surface area contributed by atoms with Gasteiger partial charge in [0.15, 0.2) is 11.1 Å². The number of hydrogen-bond donors (Lipinski definition) is 1. The Hall–Kier alpha value is -2.09. The molecule has 7 heteroatoms. The van der Waals surface area contributed by atoms with Crippen LogP contribution in [0.5, 0.6) is 5.75 Å². The van der Waals surface area contributed by atoms with Crippen molar-refractivity contribution in [3.63, 3.8) is 0 Å². The van der Waals surface area contributed by atoms with Crippen molar-refractivity contribution in [3.05, 3.63) is 70.5 Å². The Labute approximate surface area is 164 Å². The fourth-order valence-electron chi connectivity index (χ4n) is 2.68. The third-order valence-corrected chi connectivity index (χ3v) is 5.61. The number of rotatable bonds is 8. The van der Waals surface area contributed by atoms with Crippen LogP contribution in [0, 0.1) is 12.7 Å². The van der Waals surface area contributed by atoms with E-state index in [9.17, 15) is 8.60 Å². The van der Waals surface area contributed by atoms with Crippen molar-refractivity contribution in [2.24, 2.45) is 0 Å². The predicted octanol–water partition coefficient (Wildman–Crippen LogP) is 4.99. The first-order chi connectivity index (χ1) is 13.0. The van der Waals surface area contributed by atoms with Gasteiger partial charge in [0.05, 0.1) is 0 Å². The van der Waals surface area contributed by atoms with Crippen LogP contribution in [-0.2, 0) is 24.1 Å². The van der Waals surface area contributed by atoms with Gasteiger partial charge >= 0.3 is 0 Å². The van der Waals surface area contributed by atoms with Crippen molar-refractivity contribution in [2.75, 3.05) is 5.75 Å². The average molecular weight is 406 g/mol. The van der Waals surface area contributed by atoms with Gasteiger partial charge in [0.1, 0.15) is 23.2 Å². The van der Waals surface area contributed by atoms with Gasteiger partial charge in [-0.25, -0.2) is 13.6 Å². The highest BCUT2D eigenvalue weighted by Gasteiger charge is 2.11. The van der Waals surface area contributed by atoms with Crippen LogP contribution in [0.3, 0.4) is 0 Å². The molecule has 0 saturated heterocycles. The van der Waals surface area contributed by atoms with Gasteiger partial charge in [0.2, 0.25) is 0 Å². The van der Waals surface area contributed by atoms with E-state index in [0.717, 1.165) is 33.0 Å². The first-order valence-electron chi connectivity index (χ1n) is 8.51. The molecule has 3 aromatic rings. The maximum atomic E-state index is 13.7. The Bertz CT molecular complexity index is 925. The molecule has 0 aliphatic heterocycles. The Morgan fingerprint density at radius 2 is 2.00 bits per heavy atom. The number of halogens is 1. The minimum atomic E-state index is -1.75. The lowest BCUT2D eigenvalue weighted by Crippen LogP contribution is -2.00. The molecule has 0 saturated carbocycles. The molecule has 0 spiro atoms. The maximum absolute atomic E-state index is 13.7. The second kappa shape index (κ2) is 9.21. The Balaban J connectivity index is 1.66. The molecular formula is C20H20FNO3S2. The van der Waals surface area contributed by atoms with Crippen LogP contribution in [-0.4, -0.2) is 19.5 Å². The summed E-state index contributed by atoms with van der Waals surface area (Å²) in [5, 5.41) is 0.850. The van der Waals surface area contributed by atoms with Gasteiger partial charge in [0, 0.05) is 28.0 Å². The van der Waals surface area contributed by atoms with Crippen LogP contribution in [0.4, 0.5) is 4.39 Å². The molecule has 0 amide bonds. The summed E-state index contributed by atoms with van der Waals surface area (Å²) in [6.45, 7) is 2.23. The summed E-state index contributed by atoms with van der Waals surface area (Å²) in [6, 6.07) is 12.2. The largest absolute Gasteiger partial charge is 0.489 e. The molecule has 0 bridgehead atoms. The number of aryl methyl sites for hydroxylation is 2. The normalized spacial score (nSPS) is 12.1. The molecule has 142 valence electrons. The molecule has 1 heterocycles. The van der Waals surface area contributed by atoms with E-state index in [-0.39, 0.29) is 18.2 Å². The lowest BCUT2D eigenvalue weighted by molar-refractivity contribution is 0.306. The van der Waals surface area contributed by atoms with E-state index in [1.807, 2.05) is 31.2 Å². The zero-order valence-corrected chi connectivity index (χ0v) is 16.5. The lowest BCUT2D eigenvalue weighted by Gasteiger charge is -2.11. The molecule has 0 aliphatic rings. The third-order valence-electron chi connectivity index (χ3n) is 4.02. The molecule has 4 nitrogen and oxygen atoms in total. The quantitative estimate of drug-likeness (QED) is 0.536. The van der Waals surface area contributed by atoms with Crippen LogP contribution < -0.4 is 4.74 Å². The van der Waals surface area contributed by atoms with Gasteiger partial charge in [-0.3, -0.25) is 0 Å². The standard InChI is InChI=1S/C20H20FNO3S2/c1-14-12-22-20(26-14)19-9-6-17(21)11-16(19)13-25-18-7-4-15(5-8-18)3-2-10-27(23)24/h4-9,11-12H,2-3,10,13H2,1H3,(H,23,24). The first-order valence-corrected chi connectivity index (χ1v) is 10.6. The van der Waals surface area contributed by atoms with E-state index in [1.54, 1.807) is 23.6 Å². The summed E-state index contributed by atoms with van der Waals surface area (Å²) in [4.78, 5) is 5.48. The number of thiazole rings is 1. The third kappa shape index (κ3) is 5.69. The van der Waals surface area contributed by atoms with E-state index >= 15 is 0 Å². The van der Waals surface area contributed by atoms with Crippen molar-refractivity contribution in [1.29, 1.82) is 0 Å². The summed E-state index contributed by atoms with van der Waals surface area (Å²) in [6.07, 6.45) is 3.20. The molecule has 0 fully saturated rings. The van der Waals surface area contributed by atoms with Crippen molar-refractivity contribution in [1.82, 2.24) is 4.98 Å². The molecule has 0 radical (unpaired) electrons. The molecular weight excluding hydrogens is 385 g/mol. The van der Waals surface area contributed by atoms with Gasteiger partial charge in [-0.1, -0.05) is 12.1 Å². The van der Waals surface area contributed by atoms with Crippen molar-refractivity contribution >= 4 is 22.4 Å². The zero-order chi connectivity index (χ0) is 19.2. The van der Waals surface area contributed by atoms with Crippen molar-refractivity contribution in [2.45, 2.75) is 26.4 Å². The smallest absolute Gasteiger partial charge is 0.152 e. The molecule has 1 N–H and O–H groups in total. The van der Waals surface area contributed by atoms with E-state index in [0.29, 0.717) is 12.2 Å². The fraction of sp³-hybridized carbons (Fsp3) is 0.250. The number of hydrogen-bond acceptors (Lipinski definition) is 4. The van der Waals surface area contributed by atoms with Crippen LogP contribution in [0.15, 0.2) is 48.7 Å². The first kappa shape index (κ1) is 19.7. The van der Waals surface area contributed by atoms with E-state index in [2.05, 4.69) is 4.98 Å². The van der Waals surface area contributed by atoms with Crippen molar-refractivity contribution < 1.29 is 17.9 Å². The Kier molecular flexibility index (Phi) is 6.71. The van der Waals surface area contributed by atoms with Crippen LogP contribution in [0.2, 0.25) is 0 Å². The zero-order valence-electron chi connectivity index (χ0n) is 14.9. The highest BCUT2D eigenvalue weighted by atomic mass is 32.2. The van der Waals surface area contributed by atoms with E-state index in [4.69, 9.17) is 9.29 Å². The fourth-order valence-corrected chi connectivity index (χ4v) is 3.90. The molecule has 1 atom stereocenters. The second-order valence-electron chi connectivity index (χ2n) is 6.14. The lowest BCUT2D eigenvalue weighted by atomic mass is 10.1. The van der Waals surface area contributed by atoms with E-state index in [1.165, 1.54) is 12.1 Å². The van der Waals surface area contributed by atoms with Gasteiger partial charge in [-0.15, -0.1) is 11.3 Å². The second-order valence-corrected chi connectivity index (χ2v) is 8.43. The summed E-state index contributed by atoms with van der Waals surface area (Å²) >= 11 is -0.181. The summed E-state index contributed by atoms with van der Waals surface area (Å²) in [5.74, 6) is 0.661. The van der Waals surface area contributed by atoms with Crippen LogP contribution >= 0.6 is 11.3 Å². The maximum Gasteiger partial charge on any atom is 0.152 e. The summed E-state index contributed by atoms with van der Waals surface area (Å²) in [5.41, 5.74) is 2.71. The van der Waals surface area contributed by atoms with Gasteiger partial charge in [0.25, 0.3) is 0 Å². The molecule has 3 rings (SSSR count). The number of ether oxygens (including phenoxy) is 1. The topological polar surface area (TPSA) is 59.4 Å². The minimum Gasteiger partial charge on any atom is -0.489 e. The minimum absolute atomic E-state index is 0.245. The Morgan fingerprint density at radius 1 is 1.22 bits per heavy atom. The van der Waals surface area contributed by atoms with Crippen molar-refractivity contribution in [3.8, 4) is 16.3 Å². The predicted molar refractivity (Wildman–Crippen MR) is 107 cm³/mol. The highest BCUT2D eigenvalue weighted by Crippen LogP contribution is 2.29. The molecule has 2 aromatic carbocycles. The van der Waals surface area contributed by atoms with Gasteiger partial charge in [-0.2, -0.15) is 0 Å². The van der Waals surface area contributed by atoms with Crippen LogP contribution in [0.25, 0.3) is 10.6 Å². The number of nitrogens with zero attached hydrogens (tertiary/aromatic N) is 1.